The summed E-state index contributed by atoms with van der Waals surface area (Å²) in [6, 6.07) is 7.79. The lowest BCUT2D eigenvalue weighted by Crippen LogP contribution is -2.07. The molecule has 0 unspecified atom stereocenters. The van der Waals surface area contributed by atoms with Gasteiger partial charge in [-0.2, -0.15) is 0 Å². The first-order valence-electron chi connectivity index (χ1n) is 6.18. The Kier molecular flexibility index (Phi) is 5.39. The molecular weight excluding hydrogens is 373 g/mol. The van der Waals surface area contributed by atoms with E-state index in [1.54, 1.807) is 0 Å². The number of benzene rings is 1. The summed E-state index contributed by atoms with van der Waals surface area (Å²) in [4.78, 5) is 8.93. The Balaban J connectivity index is 2.16. The van der Waals surface area contributed by atoms with Gasteiger partial charge in [-0.1, -0.05) is 30.7 Å². The molecule has 0 aliphatic heterocycles. The second-order valence-electron chi connectivity index (χ2n) is 4.22. The molecule has 0 aliphatic rings. The van der Waals surface area contributed by atoms with Gasteiger partial charge in [0.1, 0.15) is 11.6 Å². The molecule has 19 heavy (non-hydrogen) atoms. The van der Waals surface area contributed by atoms with Crippen molar-refractivity contribution >= 4 is 40.0 Å². The molecule has 2 aromatic rings. The van der Waals surface area contributed by atoms with Crippen LogP contribution in [0.3, 0.4) is 0 Å². The Morgan fingerprint density at radius 3 is 2.95 bits per heavy atom. The van der Waals surface area contributed by atoms with Gasteiger partial charge < -0.3 is 5.32 Å². The van der Waals surface area contributed by atoms with Crippen LogP contribution in [0, 0.1) is 3.57 Å². The molecule has 0 atom stereocenters. The Morgan fingerprint density at radius 2 is 2.21 bits per heavy atom. The number of halogens is 2. The van der Waals surface area contributed by atoms with Gasteiger partial charge in [-0.3, -0.25) is 0 Å². The lowest BCUT2D eigenvalue weighted by Gasteiger charge is -2.08. The highest BCUT2D eigenvalue weighted by Gasteiger charge is 2.05. The van der Waals surface area contributed by atoms with E-state index in [1.807, 2.05) is 30.5 Å². The maximum Gasteiger partial charge on any atom is 0.143 e. The molecule has 1 aromatic carbocycles. The molecule has 100 valence electrons. The molecule has 0 bridgehead atoms. The van der Waals surface area contributed by atoms with Crippen LogP contribution >= 0.6 is 34.2 Å². The first kappa shape index (κ1) is 14.5. The summed E-state index contributed by atoms with van der Waals surface area (Å²) in [5, 5.41) is 4.06. The Hall–Kier alpha value is -0.880. The van der Waals surface area contributed by atoms with Crippen LogP contribution in [0.5, 0.6) is 0 Å². The molecule has 0 fully saturated rings. The SMILES string of the molecule is CCCNc1nc(Cc2cccc(Cl)c2)ncc1I. The average molecular weight is 388 g/mol. The van der Waals surface area contributed by atoms with Crippen LogP contribution in [0.15, 0.2) is 30.5 Å². The minimum atomic E-state index is 0.693. The highest BCUT2D eigenvalue weighted by atomic mass is 127. The van der Waals surface area contributed by atoms with Gasteiger partial charge in [0, 0.05) is 24.2 Å². The van der Waals surface area contributed by atoms with Gasteiger partial charge in [0.2, 0.25) is 0 Å². The van der Waals surface area contributed by atoms with Crippen molar-refractivity contribution in [1.82, 2.24) is 9.97 Å². The van der Waals surface area contributed by atoms with Crippen LogP contribution in [0.25, 0.3) is 0 Å². The molecule has 5 heteroatoms. The summed E-state index contributed by atoms with van der Waals surface area (Å²) in [6.45, 7) is 3.05. The maximum atomic E-state index is 5.98. The number of hydrogen-bond donors (Lipinski definition) is 1. The summed E-state index contributed by atoms with van der Waals surface area (Å²) in [7, 11) is 0. The fourth-order valence-electron chi connectivity index (χ4n) is 1.69. The fourth-order valence-corrected chi connectivity index (χ4v) is 2.35. The second-order valence-corrected chi connectivity index (χ2v) is 5.81. The third kappa shape index (κ3) is 4.31. The molecule has 1 aromatic heterocycles. The number of anilines is 1. The molecule has 0 saturated carbocycles. The minimum absolute atomic E-state index is 0.693. The standard InChI is InChI=1S/C14H15ClIN3/c1-2-6-17-14-12(16)9-18-13(19-14)8-10-4-3-5-11(15)7-10/h3-5,7,9H,2,6,8H2,1H3,(H,17,18,19). The van der Waals surface area contributed by atoms with Gasteiger partial charge in [0.25, 0.3) is 0 Å². The Labute approximate surface area is 132 Å². The van der Waals surface area contributed by atoms with Gasteiger partial charge in [-0.15, -0.1) is 0 Å². The third-order valence-corrected chi connectivity index (χ3v) is 3.61. The zero-order valence-electron chi connectivity index (χ0n) is 10.7. The van der Waals surface area contributed by atoms with Crippen molar-refractivity contribution in [3.63, 3.8) is 0 Å². The van der Waals surface area contributed by atoms with Gasteiger partial charge in [0.05, 0.1) is 3.57 Å². The zero-order chi connectivity index (χ0) is 13.7. The lowest BCUT2D eigenvalue weighted by atomic mass is 10.1. The number of nitrogens with one attached hydrogen (secondary N) is 1. The summed E-state index contributed by atoms with van der Waals surface area (Å²) in [5.74, 6) is 1.72. The Bertz CT molecular complexity index is 560. The molecule has 0 radical (unpaired) electrons. The third-order valence-electron chi connectivity index (χ3n) is 2.59. The molecule has 0 aliphatic carbocycles. The summed E-state index contributed by atoms with van der Waals surface area (Å²) >= 11 is 8.23. The zero-order valence-corrected chi connectivity index (χ0v) is 13.6. The number of nitrogens with zero attached hydrogens (tertiary/aromatic N) is 2. The normalized spacial score (nSPS) is 10.5. The van der Waals surface area contributed by atoms with Crippen molar-refractivity contribution in [1.29, 1.82) is 0 Å². The van der Waals surface area contributed by atoms with E-state index in [-0.39, 0.29) is 0 Å². The Morgan fingerprint density at radius 1 is 1.37 bits per heavy atom. The molecule has 2 rings (SSSR count). The molecule has 0 saturated heterocycles. The van der Waals surface area contributed by atoms with Crippen molar-refractivity contribution in [2.45, 2.75) is 19.8 Å². The van der Waals surface area contributed by atoms with Crippen LogP contribution in [-0.4, -0.2) is 16.5 Å². The fraction of sp³-hybridized carbons (Fsp3) is 0.286. The smallest absolute Gasteiger partial charge is 0.143 e. The maximum absolute atomic E-state index is 5.98. The van der Waals surface area contributed by atoms with Crippen LogP contribution in [0.4, 0.5) is 5.82 Å². The van der Waals surface area contributed by atoms with Crippen molar-refractivity contribution in [2.75, 3.05) is 11.9 Å². The highest BCUT2D eigenvalue weighted by Crippen LogP contribution is 2.17. The predicted molar refractivity (Wildman–Crippen MR) is 87.8 cm³/mol. The molecule has 0 spiro atoms. The van der Waals surface area contributed by atoms with Crippen molar-refractivity contribution in [3.05, 3.63) is 50.4 Å². The van der Waals surface area contributed by atoms with Crippen LogP contribution in [0.1, 0.15) is 24.7 Å². The van der Waals surface area contributed by atoms with Crippen molar-refractivity contribution in [2.24, 2.45) is 0 Å². The van der Waals surface area contributed by atoms with E-state index >= 15 is 0 Å². The minimum Gasteiger partial charge on any atom is -0.369 e. The monoisotopic (exact) mass is 387 g/mol. The molecule has 3 nitrogen and oxygen atoms in total. The van der Waals surface area contributed by atoms with E-state index < -0.39 is 0 Å². The molecule has 1 heterocycles. The second kappa shape index (κ2) is 7.05. The quantitative estimate of drug-likeness (QED) is 0.783. The van der Waals surface area contributed by atoms with Gasteiger partial charge >= 0.3 is 0 Å². The lowest BCUT2D eigenvalue weighted by molar-refractivity contribution is 0.926. The van der Waals surface area contributed by atoms with Crippen LogP contribution in [0.2, 0.25) is 5.02 Å². The van der Waals surface area contributed by atoms with Crippen molar-refractivity contribution < 1.29 is 0 Å². The summed E-state index contributed by atoms with van der Waals surface area (Å²) in [6.07, 6.45) is 3.62. The largest absolute Gasteiger partial charge is 0.369 e. The molecular formula is C14H15ClIN3. The first-order valence-corrected chi connectivity index (χ1v) is 7.64. The number of aromatic nitrogens is 2. The molecule has 0 amide bonds. The van der Waals surface area contributed by atoms with E-state index in [9.17, 15) is 0 Å². The highest BCUT2D eigenvalue weighted by molar-refractivity contribution is 14.1. The van der Waals surface area contributed by atoms with Gasteiger partial charge in [-0.05, 0) is 46.7 Å². The number of rotatable bonds is 5. The van der Waals surface area contributed by atoms with E-state index in [4.69, 9.17) is 11.6 Å². The van der Waals surface area contributed by atoms with Gasteiger partial charge in [-0.25, -0.2) is 9.97 Å². The van der Waals surface area contributed by atoms with Crippen LogP contribution < -0.4 is 5.32 Å². The molecule has 1 N–H and O–H groups in total. The summed E-state index contributed by atoms with van der Waals surface area (Å²) < 4.78 is 1.04. The first-order chi connectivity index (χ1) is 9.19. The summed E-state index contributed by atoms with van der Waals surface area (Å²) in [5.41, 5.74) is 1.12. The van der Waals surface area contributed by atoms with E-state index in [2.05, 4.69) is 44.8 Å². The van der Waals surface area contributed by atoms with Crippen molar-refractivity contribution in [3.8, 4) is 0 Å². The van der Waals surface area contributed by atoms with E-state index in [0.29, 0.717) is 6.42 Å². The number of hydrogen-bond acceptors (Lipinski definition) is 3. The topological polar surface area (TPSA) is 37.8 Å². The predicted octanol–water partition coefficient (Wildman–Crippen LogP) is 4.15. The van der Waals surface area contributed by atoms with E-state index in [1.165, 1.54) is 0 Å². The average Bonchev–Trinajstić information content (AvgIpc) is 2.39. The van der Waals surface area contributed by atoms with Gasteiger partial charge in [0.15, 0.2) is 0 Å². The van der Waals surface area contributed by atoms with E-state index in [0.717, 1.165) is 38.8 Å². The van der Waals surface area contributed by atoms with Crippen LogP contribution in [-0.2, 0) is 6.42 Å².